The summed E-state index contributed by atoms with van der Waals surface area (Å²) in [5.74, 6) is 0.690. The smallest absolute Gasteiger partial charge is 0.138 e. The van der Waals surface area contributed by atoms with Gasteiger partial charge in [-0.25, -0.2) is 0 Å². The molecule has 0 spiro atoms. The van der Waals surface area contributed by atoms with Crippen LogP contribution in [-0.4, -0.2) is 39.1 Å². The van der Waals surface area contributed by atoms with Gasteiger partial charge in [-0.2, -0.15) is 0 Å². The molecule has 0 aliphatic heterocycles. The predicted octanol–water partition coefficient (Wildman–Crippen LogP) is 3.27. The fraction of sp³-hybridized carbons (Fsp3) is 0.625. The molecule has 0 aliphatic carbocycles. The minimum absolute atomic E-state index is 0.148. The molecule has 0 saturated carbocycles. The second-order valence-corrected chi connectivity index (χ2v) is 6.15. The summed E-state index contributed by atoms with van der Waals surface area (Å²) < 4.78 is 16.2. The van der Waals surface area contributed by atoms with Crippen LogP contribution in [0.15, 0.2) is 18.2 Å². The molecule has 0 radical (unpaired) electrons. The first-order valence-corrected chi connectivity index (χ1v) is 7.55. The fourth-order valence-electron chi connectivity index (χ4n) is 1.68. The first-order chi connectivity index (χ1) is 9.92. The molecule has 0 unspecified atom stereocenters. The molecule has 1 aromatic rings. The predicted molar refractivity (Wildman–Crippen MR) is 86.2 cm³/mol. The van der Waals surface area contributed by atoms with Gasteiger partial charge in [0.1, 0.15) is 12.4 Å². The second kappa shape index (κ2) is 9.26. The maximum atomic E-state index is 6.22. The highest BCUT2D eigenvalue weighted by Crippen LogP contribution is 2.25. The summed E-state index contributed by atoms with van der Waals surface area (Å²) in [4.78, 5) is 0. The third kappa shape index (κ3) is 8.27. The highest BCUT2D eigenvalue weighted by Gasteiger charge is 2.10. The average Bonchev–Trinajstić information content (AvgIpc) is 2.40. The lowest BCUT2D eigenvalue weighted by Gasteiger charge is -2.19. The van der Waals surface area contributed by atoms with E-state index in [-0.39, 0.29) is 5.60 Å². The molecule has 4 nitrogen and oxygen atoms in total. The minimum Gasteiger partial charge on any atom is -0.490 e. The van der Waals surface area contributed by atoms with Gasteiger partial charge in [-0.3, -0.25) is 0 Å². The van der Waals surface area contributed by atoms with Gasteiger partial charge in [0.2, 0.25) is 0 Å². The van der Waals surface area contributed by atoms with Crippen LogP contribution in [0, 0.1) is 0 Å². The Hall–Kier alpha value is -0.810. The molecule has 21 heavy (non-hydrogen) atoms. The lowest BCUT2D eigenvalue weighted by molar-refractivity contribution is -0.0162. The highest BCUT2D eigenvalue weighted by molar-refractivity contribution is 6.32. The van der Waals surface area contributed by atoms with Crippen molar-refractivity contribution in [2.24, 2.45) is 0 Å². The van der Waals surface area contributed by atoms with Crippen LogP contribution in [0.1, 0.15) is 26.3 Å². The average molecular weight is 316 g/mol. The molecular formula is C16H26ClNO3. The first kappa shape index (κ1) is 18.2. The molecule has 1 rings (SSSR count). The van der Waals surface area contributed by atoms with Crippen molar-refractivity contribution in [2.75, 3.05) is 33.5 Å². The molecule has 1 N–H and O–H groups in total. The van der Waals surface area contributed by atoms with Gasteiger partial charge < -0.3 is 19.5 Å². The molecule has 5 heteroatoms. The van der Waals surface area contributed by atoms with Gasteiger partial charge in [0.05, 0.1) is 23.8 Å². The van der Waals surface area contributed by atoms with Gasteiger partial charge in [-0.1, -0.05) is 17.7 Å². The molecule has 0 aromatic heterocycles. The normalized spacial score (nSPS) is 11.7. The summed E-state index contributed by atoms with van der Waals surface area (Å²) >= 11 is 6.22. The maximum Gasteiger partial charge on any atom is 0.138 e. The van der Waals surface area contributed by atoms with Crippen LogP contribution in [0.5, 0.6) is 5.75 Å². The van der Waals surface area contributed by atoms with Crippen molar-refractivity contribution in [2.45, 2.75) is 32.9 Å². The van der Waals surface area contributed by atoms with Crippen LogP contribution in [0.3, 0.4) is 0 Å². The topological polar surface area (TPSA) is 39.7 Å². The Morgan fingerprint density at radius 3 is 2.52 bits per heavy atom. The maximum absolute atomic E-state index is 6.22. The summed E-state index contributed by atoms with van der Waals surface area (Å²) in [6, 6.07) is 5.82. The molecule has 120 valence electrons. The molecular weight excluding hydrogens is 290 g/mol. The van der Waals surface area contributed by atoms with E-state index in [0.717, 1.165) is 18.7 Å². The zero-order chi connectivity index (χ0) is 15.7. The summed E-state index contributed by atoms with van der Waals surface area (Å²) in [5.41, 5.74) is 0.972. The number of hydrogen-bond acceptors (Lipinski definition) is 4. The largest absolute Gasteiger partial charge is 0.490 e. The van der Waals surface area contributed by atoms with E-state index < -0.39 is 0 Å². The van der Waals surface area contributed by atoms with E-state index in [9.17, 15) is 0 Å². The van der Waals surface area contributed by atoms with Crippen molar-refractivity contribution in [3.05, 3.63) is 28.8 Å². The van der Waals surface area contributed by atoms with Crippen LogP contribution < -0.4 is 10.1 Å². The number of nitrogens with one attached hydrogen (secondary N) is 1. The molecule has 0 fully saturated rings. The molecule has 0 saturated heterocycles. The number of halogens is 1. The third-order valence-corrected chi connectivity index (χ3v) is 2.98. The van der Waals surface area contributed by atoms with Crippen LogP contribution in [0.2, 0.25) is 5.02 Å². The summed E-state index contributed by atoms with van der Waals surface area (Å²) in [5, 5.41) is 3.90. The standard InChI is InChI=1S/C16H26ClNO3/c1-16(2,3)21-10-9-20-15-6-5-13(11-14(15)17)12-18-7-8-19-4/h5-6,11,18H,7-10,12H2,1-4H3. The zero-order valence-corrected chi connectivity index (χ0v) is 14.1. The molecule has 0 bridgehead atoms. The van der Waals surface area contributed by atoms with Gasteiger partial charge in [0, 0.05) is 20.2 Å². The van der Waals surface area contributed by atoms with Crippen LogP contribution in [0.25, 0.3) is 0 Å². The van der Waals surface area contributed by atoms with E-state index in [2.05, 4.69) is 5.32 Å². The quantitative estimate of drug-likeness (QED) is 0.710. The molecule has 0 heterocycles. The number of rotatable bonds is 9. The Balaban J connectivity index is 2.36. The minimum atomic E-state index is -0.148. The van der Waals surface area contributed by atoms with Crippen LogP contribution >= 0.6 is 11.6 Å². The second-order valence-electron chi connectivity index (χ2n) is 5.74. The SMILES string of the molecule is COCCNCc1ccc(OCCOC(C)(C)C)c(Cl)c1. The van der Waals surface area contributed by atoms with Gasteiger partial charge in [-0.15, -0.1) is 0 Å². The Morgan fingerprint density at radius 1 is 1.14 bits per heavy atom. The zero-order valence-electron chi connectivity index (χ0n) is 13.4. The van der Waals surface area contributed by atoms with Crippen LogP contribution in [0.4, 0.5) is 0 Å². The lowest BCUT2D eigenvalue weighted by Crippen LogP contribution is -2.22. The summed E-state index contributed by atoms with van der Waals surface area (Å²) in [6.45, 7) is 9.36. The van der Waals surface area contributed by atoms with Crippen molar-refractivity contribution in [3.8, 4) is 5.75 Å². The van der Waals surface area contributed by atoms with Crippen molar-refractivity contribution in [1.82, 2.24) is 5.32 Å². The van der Waals surface area contributed by atoms with E-state index in [0.29, 0.717) is 30.6 Å². The fourth-order valence-corrected chi connectivity index (χ4v) is 1.94. The summed E-state index contributed by atoms with van der Waals surface area (Å²) in [6.07, 6.45) is 0. The Morgan fingerprint density at radius 2 is 1.90 bits per heavy atom. The van der Waals surface area contributed by atoms with Crippen molar-refractivity contribution in [3.63, 3.8) is 0 Å². The van der Waals surface area contributed by atoms with E-state index in [4.69, 9.17) is 25.8 Å². The number of benzene rings is 1. The molecule has 0 atom stereocenters. The van der Waals surface area contributed by atoms with Gasteiger partial charge >= 0.3 is 0 Å². The molecule has 0 aliphatic rings. The highest BCUT2D eigenvalue weighted by atomic mass is 35.5. The molecule has 0 amide bonds. The first-order valence-electron chi connectivity index (χ1n) is 7.17. The van der Waals surface area contributed by atoms with Gasteiger partial charge in [0.15, 0.2) is 0 Å². The summed E-state index contributed by atoms with van der Waals surface area (Å²) in [7, 11) is 1.69. The van der Waals surface area contributed by atoms with Crippen molar-refractivity contribution < 1.29 is 14.2 Å². The number of hydrogen-bond donors (Lipinski definition) is 1. The Bertz CT molecular complexity index is 418. The van der Waals surface area contributed by atoms with E-state index in [1.54, 1.807) is 7.11 Å². The lowest BCUT2D eigenvalue weighted by atomic mass is 10.2. The van der Waals surface area contributed by atoms with Crippen LogP contribution in [-0.2, 0) is 16.0 Å². The van der Waals surface area contributed by atoms with Gasteiger partial charge in [0.25, 0.3) is 0 Å². The van der Waals surface area contributed by atoms with Gasteiger partial charge in [-0.05, 0) is 38.5 Å². The Labute approximate surface area is 132 Å². The van der Waals surface area contributed by atoms with E-state index in [1.165, 1.54) is 0 Å². The van der Waals surface area contributed by atoms with Crippen molar-refractivity contribution in [1.29, 1.82) is 0 Å². The monoisotopic (exact) mass is 315 g/mol. The van der Waals surface area contributed by atoms with Crippen molar-refractivity contribution >= 4 is 11.6 Å². The molecule has 1 aromatic carbocycles. The van der Waals surface area contributed by atoms with E-state index in [1.807, 2.05) is 39.0 Å². The Kier molecular flexibility index (Phi) is 8.04. The third-order valence-electron chi connectivity index (χ3n) is 2.68. The number of methoxy groups -OCH3 is 1. The van der Waals surface area contributed by atoms with E-state index >= 15 is 0 Å². The number of ether oxygens (including phenoxy) is 3.